The predicted molar refractivity (Wildman–Crippen MR) is 157 cm³/mol. The summed E-state index contributed by atoms with van der Waals surface area (Å²) in [7, 11) is 1.35. The molecule has 4 aromatic rings. The zero-order valence-corrected chi connectivity index (χ0v) is 23.3. The molecule has 0 spiro atoms. The Morgan fingerprint density at radius 3 is 2.50 bits per heavy atom. The maximum Gasteiger partial charge on any atom is 0.337 e. The topological polar surface area (TPSA) is 75.7 Å². The number of amides is 2. The molecule has 2 amide bonds. The van der Waals surface area contributed by atoms with Crippen molar-refractivity contribution in [3.8, 4) is 11.1 Å². The summed E-state index contributed by atoms with van der Waals surface area (Å²) < 4.78 is 19.4. The fourth-order valence-corrected chi connectivity index (χ4v) is 5.95. The van der Waals surface area contributed by atoms with E-state index in [1.165, 1.54) is 24.8 Å². The molecule has 6 nitrogen and oxygen atoms in total. The molecule has 4 aromatic carbocycles. The summed E-state index contributed by atoms with van der Waals surface area (Å²) in [5, 5.41) is 3.12. The van der Waals surface area contributed by atoms with E-state index in [1.54, 1.807) is 29.2 Å². The number of carbonyl (C=O) groups is 3. The van der Waals surface area contributed by atoms with Crippen LogP contribution in [0.25, 0.3) is 11.1 Å². The molecular formula is C35H31FN2O4. The van der Waals surface area contributed by atoms with Gasteiger partial charge in [-0.2, -0.15) is 0 Å². The molecule has 7 heteroatoms. The Kier molecular flexibility index (Phi) is 7.57. The number of methoxy groups -OCH3 is 1. The number of ether oxygens (including phenoxy) is 1. The van der Waals surface area contributed by atoms with Gasteiger partial charge < -0.3 is 15.0 Å². The van der Waals surface area contributed by atoms with Crippen LogP contribution in [-0.2, 0) is 29.0 Å². The number of hydrogen-bond acceptors (Lipinski definition) is 4. The van der Waals surface area contributed by atoms with E-state index in [1.807, 2.05) is 42.5 Å². The average molecular weight is 563 g/mol. The van der Waals surface area contributed by atoms with Crippen LogP contribution in [0.1, 0.15) is 55.3 Å². The molecule has 1 saturated carbocycles. The summed E-state index contributed by atoms with van der Waals surface area (Å²) in [4.78, 5) is 40.3. The Bertz CT molecular complexity index is 1670. The summed E-state index contributed by atoms with van der Waals surface area (Å²) in [5.41, 5.74) is 6.38. The number of rotatable bonds is 7. The lowest BCUT2D eigenvalue weighted by Gasteiger charge is -2.32. The highest BCUT2D eigenvalue weighted by Crippen LogP contribution is 2.47. The molecule has 1 heterocycles. The minimum absolute atomic E-state index is 0.0163. The van der Waals surface area contributed by atoms with E-state index in [-0.39, 0.29) is 35.8 Å². The Balaban J connectivity index is 1.29. The molecule has 1 fully saturated rings. The van der Waals surface area contributed by atoms with E-state index >= 15 is 0 Å². The van der Waals surface area contributed by atoms with Gasteiger partial charge in [0.05, 0.1) is 18.2 Å². The summed E-state index contributed by atoms with van der Waals surface area (Å²) in [6.07, 6.45) is 1.38. The van der Waals surface area contributed by atoms with Crippen LogP contribution in [0.4, 0.5) is 4.39 Å². The third-order valence-corrected chi connectivity index (χ3v) is 8.30. The second kappa shape index (κ2) is 11.6. The van der Waals surface area contributed by atoms with Crippen LogP contribution in [0.5, 0.6) is 0 Å². The molecule has 1 aliphatic carbocycles. The van der Waals surface area contributed by atoms with Gasteiger partial charge in [0.1, 0.15) is 5.82 Å². The molecule has 42 heavy (non-hydrogen) atoms. The Morgan fingerprint density at radius 1 is 0.929 bits per heavy atom. The summed E-state index contributed by atoms with van der Waals surface area (Å²) in [6.45, 7) is 1.03. The standard InChI is InChI=1S/C35H31FN2O4/c1-42-35(41)24-11-7-10-23(18-24)26-15-14-25(20-37-33(39)30-19-29(30)22-8-3-2-4-9-22)31-21-38(17-16-27(26)31)34(40)28-12-5-6-13-32(28)36/h2-15,18,29-30H,16-17,19-21H2,1H3,(H,37,39). The van der Waals surface area contributed by atoms with Crippen LogP contribution in [-0.4, -0.2) is 36.3 Å². The quantitative estimate of drug-likeness (QED) is 0.285. The van der Waals surface area contributed by atoms with Crippen molar-refractivity contribution in [3.63, 3.8) is 0 Å². The van der Waals surface area contributed by atoms with E-state index in [2.05, 4.69) is 17.4 Å². The highest BCUT2D eigenvalue weighted by molar-refractivity contribution is 5.95. The van der Waals surface area contributed by atoms with Gasteiger partial charge in [-0.3, -0.25) is 9.59 Å². The van der Waals surface area contributed by atoms with Gasteiger partial charge in [0.2, 0.25) is 5.91 Å². The van der Waals surface area contributed by atoms with Gasteiger partial charge in [-0.25, -0.2) is 9.18 Å². The number of fused-ring (bicyclic) bond motifs is 1. The third-order valence-electron chi connectivity index (χ3n) is 8.30. The zero-order chi connectivity index (χ0) is 29.2. The van der Waals surface area contributed by atoms with Crippen LogP contribution in [0.3, 0.4) is 0 Å². The van der Waals surface area contributed by atoms with Crippen molar-refractivity contribution in [2.45, 2.75) is 31.8 Å². The molecule has 6 rings (SSSR count). The molecule has 0 saturated heterocycles. The van der Waals surface area contributed by atoms with Gasteiger partial charge in [-0.05, 0) is 76.4 Å². The molecule has 1 aliphatic heterocycles. The summed E-state index contributed by atoms with van der Waals surface area (Å²) in [6, 6.07) is 27.3. The number of benzene rings is 4. The van der Waals surface area contributed by atoms with Crippen molar-refractivity contribution in [2.75, 3.05) is 13.7 Å². The Hall–Kier alpha value is -4.78. The van der Waals surface area contributed by atoms with Crippen LogP contribution >= 0.6 is 0 Å². The summed E-state index contributed by atoms with van der Waals surface area (Å²) >= 11 is 0. The molecule has 212 valence electrons. The normalized spacial score (nSPS) is 17.2. The number of nitrogens with one attached hydrogen (secondary N) is 1. The molecule has 0 bridgehead atoms. The molecular weight excluding hydrogens is 531 g/mol. The SMILES string of the molecule is COC(=O)c1cccc(-c2ccc(CNC(=O)C3CC3c3ccccc3)c3c2CCN(C(=O)c2ccccc2F)C3)c1. The maximum atomic E-state index is 14.5. The van der Waals surface area contributed by atoms with Crippen LogP contribution in [0, 0.1) is 11.7 Å². The van der Waals surface area contributed by atoms with Crippen molar-refractivity contribution in [1.82, 2.24) is 10.2 Å². The molecule has 2 aliphatic rings. The molecule has 0 aromatic heterocycles. The highest BCUT2D eigenvalue weighted by atomic mass is 19.1. The largest absolute Gasteiger partial charge is 0.465 e. The fraction of sp³-hybridized carbons (Fsp3) is 0.229. The molecule has 0 radical (unpaired) electrons. The van der Waals surface area contributed by atoms with Crippen LogP contribution in [0.2, 0.25) is 0 Å². The molecule has 1 N–H and O–H groups in total. The van der Waals surface area contributed by atoms with Crippen LogP contribution < -0.4 is 5.32 Å². The lowest BCUT2D eigenvalue weighted by molar-refractivity contribution is -0.122. The predicted octanol–water partition coefficient (Wildman–Crippen LogP) is 5.90. The highest BCUT2D eigenvalue weighted by Gasteiger charge is 2.43. The van der Waals surface area contributed by atoms with Crippen molar-refractivity contribution >= 4 is 17.8 Å². The van der Waals surface area contributed by atoms with E-state index in [4.69, 9.17) is 4.74 Å². The Labute approximate surface area is 244 Å². The van der Waals surface area contributed by atoms with Gasteiger partial charge in [0.15, 0.2) is 0 Å². The zero-order valence-electron chi connectivity index (χ0n) is 23.3. The van der Waals surface area contributed by atoms with Gasteiger partial charge in [0.25, 0.3) is 5.91 Å². The first-order valence-electron chi connectivity index (χ1n) is 14.1. The minimum Gasteiger partial charge on any atom is -0.465 e. The lowest BCUT2D eigenvalue weighted by atomic mass is 9.87. The van der Waals surface area contributed by atoms with Crippen LogP contribution in [0.15, 0.2) is 91.0 Å². The Morgan fingerprint density at radius 2 is 1.71 bits per heavy atom. The van der Waals surface area contributed by atoms with Gasteiger partial charge in [-0.15, -0.1) is 0 Å². The first-order valence-corrected chi connectivity index (χ1v) is 14.1. The minimum atomic E-state index is -0.549. The van der Waals surface area contributed by atoms with Crippen molar-refractivity contribution in [2.24, 2.45) is 5.92 Å². The monoisotopic (exact) mass is 562 g/mol. The number of esters is 1. The van der Waals surface area contributed by atoms with E-state index in [0.29, 0.717) is 25.1 Å². The average Bonchev–Trinajstić information content (AvgIpc) is 3.84. The molecule has 2 atom stereocenters. The van der Waals surface area contributed by atoms with Gasteiger partial charge in [-0.1, -0.05) is 66.7 Å². The van der Waals surface area contributed by atoms with Gasteiger partial charge >= 0.3 is 5.97 Å². The number of nitrogens with zero attached hydrogens (tertiary/aromatic N) is 1. The fourth-order valence-electron chi connectivity index (χ4n) is 5.95. The summed E-state index contributed by atoms with van der Waals surface area (Å²) in [5.74, 6) is -1.13. The lowest BCUT2D eigenvalue weighted by Crippen LogP contribution is -2.37. The molecule has 2 unspecified atom stereocenters. The van der Waals surface area contributed by atoms with Gasteiger partial charge in [0, 0.05) is 25.6 Å². The van der Waals surface area contributed by atoms with E-state index in [0.717, 1.165) is 34.2 Å². The van der Waals surface area contributed by atoms with Crippen molar-refractivity contribution < 1.29 is 23.5 Å². The number of hydrogen-bond donors (Lipinski definition) is 1. The third kappa shape index (κ3) is 5.42. The van der Waals surface area contributed by atoms with Crippen molar-refractivity contribution in [3.05, 3.63) is 130 Å². The first-order chi connectivity index (χ1) is 20.4. The maximum absolute atomic E-state index is 14.5. The first kappa shape index (κ1) is 27.4. The van der Waals surface area contributed by atoms with Crippen molar-refractivity contribution in [1.29, 1.82) is 0 Å². The van der Waals surface area contributed by atoms with E-state index in [9.17, 15) is 18.8 Å². The smallest absolute Gasteiger partial charge is 0.337 e. The number of carbonyl (C=O) groups excluding carboxylic acids is 3. The second-order valence-electron chi connectivity index (χ2n) is 10.8. The second-order valence-corrected chi connectivity index (χ2v) is 10.8. The number of halogens is 1. The van der Waals surface area contributed by atoms with E-state index < -0.39 is 11.8 Å².